The van der Waals surface area contributed by atoms with Crippen molar-refractivity contribution in [2.75, 3.05) is 13.6 Å². The number of benzene rings is 1. The molecule has 0 aliphatic carbocycles. The minimum absolute atomic E-state index is 0.0346. The molecular formula is C16H19ClN2OS. The van der Waals surface area contributed by atoms with E-state index in [-0.39, 0.29) is 5.91 Å². The molecule has 0 bridgehead atoms. The van der Waals surface area contributed by atoms with Gasteiger partial charge in [-0.15, -0.1) is 11.3 Å². The highest BCUT2D eigenvalue weighted by molar-refractivity contribution is 7.10. The van der Waals surface area contributed by atoms with Crippen LogP contribution in [0.3, 0.4) is 0 Å². The van der Waals surface area contributed by atoms with E-state index in [0.717, 1.165) is 10.6 Å². The molecule has 21 heavy (non-hydrogen) atoms. The molecule has 0 spiro atoms. The summed E-state index contributed by atoms with van der Waals surface area (Å²) in [5.41, 5.74) is 2.33. The molecule has 2 rings (SSSR count). The normalized spacial score (nSPS) is 10.9. The zero-order valence-electron chi connectivity index (χ0n) is 12.2. The summed E-state index contributed by atoms with van der Waals surface area (Å²) < 4.78 is 0. The minimum atomic E-state index is 0.0346. The fourth-order valence-corrected chi connectivity index (χ4v) is 3.13. The molecular weight excluding hydrogens is 304 g/mol. The molecule has 0 atom stereocenters. The van der Waals surface area contributed by atoms with Crippen molar-refractivity contribution in [2.45, 2.75) is 20.0 Å². The maximum Gasteiger partial charge on any atom is 0.234 e. The lowest BCUT2D eigenvalue weighted by Crippen LogP contribution is -2.34. The lowest BCUT2D eigenvalue weighted by atomic mass is 10.2. The van der Waals surface area contributed by atoms with E-state index in [4.69, 9.17) is 11.6 Å². The van der Waals surface area contributed by atoms with Crippen molar-refractivity contribution in [1.29, 1.82) is 0 Å². The number of nitrogens with zero attached hydrogens (tertiary/aromatic N) is 1. The highest BCUT2D eigenvalue weighted by Crippen LogP contribution is 2.15. The van der Waals surface area contributed by atoms with Crippen LogP contribution in [0, 0.1) is 6.92 Å². The third kappa shape index (κ3) is 5.16. The lowest BCUT2D eigenvalue weighted by molar-refractivity contribution is -0.122. The first-order valence-corrected chi connectivity index (χ1v) is 8.03. The van der Waals surface area contributed by atoms with Gasteiger partial charge in [-0.2, -0.15) is 0 Å². The van der Waals surface area contributed by atoms with Gasteiger partial charge in [0.2, 0.25) is 5.91 Å². The zero-order chi connectivity index (χ0) is 15.2. The largest absolute Gasteiger partial charge is 0.350 e. The van der Waals surface area contributed by atoms with Gasteiger partial charge >= 0.3 is 0 Å². The van der Waals surface area contributed by atoms with E-state index >= 15 is 0 Å². The van der Waals surface area contributed by atoms with E-state index in [0.29, 0.717) is 19.6 Å². The standard InChI is InChI=1S/C16H19ClN2OS/c1-12-6-7-21-15(12)9-18-16(20)11-19(2)10-13-4-3-5-14(17)8-13/h3-8H,9-11H2,1-2H3,(H,18,20). The Morgan fingerprint density at radius 3 is 2.86 bits per heavy atom. The Morgan fingerprint density at radius 2 is 2.19 bits per heavy atom. The van der Waals surface area contributed by atoms with E-state index in [1.54, 1.807) is 11.3 Å². The third-order valence-corrected chi connectivity index (χ3v) is 4.43. The molecule has 1 N–H and O–H groups in total. The Kier molecular flexibility index (Phi) is 5.79. The summed E-state index contributed by atoms with van der Waals surface area (Å²) in [5.74, 6) is 0.0346. The number of hydrogen-bond acceptors (Lipinski definition) is 3. The molecule has 0 saturated carbocycles. The smallest absolute Gasteiger partial charge is 0.234 e. The van der Waals surface area contributed by atoms with E-state index in [2.05, 4.69) is 18.3 Å². The van der Waals surface area contributed by atoms with Gasteiger partial charge in [0.25, 0.3) is 0 Å². The maximum absolute atomic E-state index is 11.9. The number of likely N-dealkylation sites (N-methyl/N-ethyl adjacent to an activating group) is 1. The molecule has 1 aromatic carbocycles. The van der Waals surface area contributed by atoms with E-state index < -0.39 is 0 Å². The topological polar surface area (TPSA) is 32.3 Å². The van der Waals surface area contributed by atoms with Crippen LogP contribution >= 0.6 is 22.9 Å². The second-order valence-electron chi connectivity index (χ2n) is 5.11. The van der Waals surface area contributed by atoms with Gasteiger partial charge in [-0.05, 0) is 48.7 Å². The Morgan fingerprint density at radius 1 is 1.38 bits per heavy atom. The molecule has 0 radical (unpaired) electrons. The molecule has 112 valence electrons. The quantitative estimate of drug-likeness (QED) is 0.883. The monoisotopic (exact) mass is 322 g/mol. The molecule has 0 fully saturated rings. The summed E-state index contributed by atoms with van der Waals surface area (Å²) in [4.78, 5) is 15.1. The minimum Gasteiger partial charge on any atom is -0.350 e. The van der Waals surface area contributed by atoms with Gasteiger partial charge in [0.1, 0.15) is 0 Å². The average molecular weight is 323 g/mol. The van der Waals surface area contributed by atoms with Gasteiger partial charge in [-0.25, -0.2) is 0 Å². The predicted octanol–water partition coefficient (Wildman–Crippen LogP) is 3.46. The fraction of sp³-hybridized carbons (Fsp3) is 0.312. The summed E-state index contributed by atoms with van der Waals surface area (Å²) in [6.45, 7) is 3.74. The van der Waals surface area contributed by atoms with Crippen LogP contribution in [0.1, 0.15) is 16.0 Å². The summed E-state index contributed by atoms with van der Waals surface area (Å²) in [6.07, 6.45) is 0. The third-order valence-electron chi connectivity index (χ3n) is 3.17. The van der Waals surface area contributed by atoms with Gasteiger partial charge in [-0.3, -0.25) is 9.69 Å². The highest BCUT2D eigenvalue weighted by Gasteiger charge is 2.08. The molecule has 5 heteroatoms. The number of rotatable bonds is 6. The number of hydrogen-bond donors (Lipinski definition) is 1. The first kappa shape index (κ1) is 16.0. The summed E-state index contributed by atoms with van der Waals surface area (Å²) in [5, 5.41) is 5.72. The molecule has 1 amide bonds. The van der Waals surface area contributed by atoms with E-state index in [1.807, 2.05) is 41.6 Å². The second kappa shape index (κ2) is 7.59. The Bertz CT molecular complexity index is 612. The lowest BCUT2D eigenvalue weighted by Gasteiger charge is -2.16. The number of aryl methyl sites for hydroxylation is 1. The van der Waals surface area contributed by atoms with Crippen LogP contribution in [0.5, 0.6) is 0 Å². The Balaban J connectivity index is 1.78. The van der Waals surface area contributed by atoms with Crippen molar-refractivity contribution in [1.82, 2.24) is 10.2 Å². The van der Waals surface area contributed by atoms with E-state index in [1.165, 1.54) is 10.4 Å². The molecule has 3 nitrogen and oxygen atoms in total. The summed E-state index contributed by atoms with van der Waals surface area (Å²) in [7, 11) is 1.93. The molecule has 0 aliphatic rings. The number of nitrogens with one attached hydrogen (secondary N) is 1. The van der Waals surface area contributed by atoms with Crippen molar-refractivity contribution in [2.24, 2.45) is 0 Å². The summed E-state index contributed by atoms with van der Waals surface area (Å²) >= 11 is 7.63. The Hall–Kier alpha value is -1.36. The van der Waals surface area contributed by atoms with Crippen LogP contribution in [0.2, 0.25) is 5.02 Å². The van der Waals surface area contributed by atoms with Crippen LogP contribution in [0.4, 0.5) is 0 Å². The SMILES string of the molecule is Cc1ccsc1CNC(=O)CN(C)Cc1cccc(Cl)c1. The van der Waals surface area contributed by atoms with Gasteiger partial charge in [0.05, 0.1) is 13.1 Å². The molecule has 0 saturated heterocycles. The number of halogens is 1. The van der Waals surface area contributed by atoms with E-state index in [9.17, 15) is 4.79 Å². The van der Waals surface area contributed by atoms with Gasteiger partial charge in [-0.1, -0.05) is 23.7 Å². The number of amides is 1. The van der Waals surface area contributed by atoms with Crippen molar-refractivity contribution in [3.05, 3.63) is 56.7 Å². The van der Waals surface area contributed by atoms with Crippen LogP contribution < -0.4 is 5.32 Å². The molecule has 0 aliphatic heterocycles. The highest BCUT2D eigenvalue weighted by atomic mass is 35.5. The van der Waals surface area contributed by atoms with Crippen molar-refractivity contribution >= 4 is 28.8 Å². The number of thiophene rings is 1. The first-order valence-electron chi connectivity index (χ1n) is 6.77. The predicted molar refractivity (Wildman–Crippen MR) is 88.7 cm³/mol. The van der Waals surface area contributed by atoms with Crippen LogP contribution in [-0.2, 0) is 17.9 Å². The van der Waals surface area contributed by atoms with Crippen molar-refractivity contribution < 1.29 is 4.79 Å². The molecule has 2 aromatic rings. The van der Waals surface area contributed by atoms with Crippen molar-refractivity contribution in [3.8, 4) is 0 Å². The van der Waals surface area contributed by atoms with Crippen molar-refractivity contribution in [3.63, 3.8) is 0 Å². The van der Waals surface area contributed by atoms with Crippen LogP contribution in [0.15, 0.2) is 35.7 Å². The van der Waals surface area contributed by atoms with Gasteiger partial charge < -0.3 is 5.32 Å². The molecule has 1 heterocycles. The summed E-state index contributed by atoms with van der Waals surface area (Å²) in [6, 6.07) is 9.77. The van der Waals surface area contributed by atoms with Crippen LogP contribution in [-0.4, -0.2) is 24.4 Å². The van der Waals surface area contributed by atoms with Gasteiger partial charge in [0, 0.05) is 16.4 Å². The average Bonchev–Trinajstić information content (AvgIpc) is 2.81. The fourth-order valence-electron chi connectivity index (χ4n) is 2.07. The molecule has 0 unspecified atom stereocenters. The Labute approximate surface area is 134 Å². The second-order valence-corrected chi connectivity index (χ2v) is 6.54. The maximum atomic E-state index is 11.9. The van der Waals surface area contributed by atoms with Crippen LogP contribution in [0.25, 0.3) is 0 Å². The first-order chi connectivity index (χ1) is 10.0. The number of carbonyl (C=O) groups is 1. The molecule has 1 aromatic heterocycles. The van der Waals surface area contributed by atoms with Gasteiger partial charge in [0.15, 0.2) is 0 Å². The zero-order valence-corrected chi connectivity index (χ0v) is 13.8. The number of carbonyl (C=O) groups excluding carboxylic acids is 1.